The van der Waals surface area contributed by atoms with Crippen molar-refractivity contribution < 1.29 is 19.6 Å². The second kappa shape index (κ2) is 10.8. The van der Waals surface area contributed by atoms with Crippen LogP contribution in [0.2, 0.25) is 0 Å². The number of hydrogen-bond donors (Lipinski definition) is 3. The quantitative estimate of drug-likeness (QED) is 0.323. The predicted molar refractivity (Wildman–Crippen MR) is 107 cm³/mol. The van der Waals surface area contributed by atoms with Crippen molar-refractivity contribution in [3.05, 3.63) is 35.9 Å². The monoisotopic (exact) mass is 391 g/mol. The minimum Gasteiger partial charge on any atom is -0.357 e. The first kappa shape index (κ1) is 23.6. The number of benzene rings is 1. The Balaban J connectivity index is 2.91. The lowest BCUT2D eigenvalue weighted by Gasteiger charge is -2.33. The number of hydrogen-bond acceptors (Lipinski definition) is 4. The van der Waals surface area contributed by atoms with Gasteiger partial charge in [-0.1, -0.05) is 51.1 Å². The van der Waals surface area contributed by atoms with Crippen LogP contribution in [-0.4, -0.2) is 47.6 Å². The maximum atomic E-state index is 13.0. The van der Waals surface area contributed by atoms with Crippen LogP contribution in [0.3, 0.4) is 0 Å². The number of carbonyl (C=O) groups excluding carboxylic acids is 3. The first-order chi connectivity index (χ1) is 13.1. The molecule has 0 radical (unpaired) electrons. The second-order valence-corrected chi connectivity index (χ2v) is 8.13. The molecular formula is C21H33N3O4. The first-order valence-electron chi connectivity index (χ1n) is 9.60. The van der Waals surface area contributed by atoms with E-state index in [0.29, 0.717) is 24.3 Å². The average molecular weight is 392 g/mol. The van der Waals surface area contributed by atoms with Crippen molar-refractivity contribution in [1.82, 2.24) is 15.7 Å². The summed E-state index contributed by atoms with van der Waals surface area (Å²) in [5, 5.41) is 15.7. The van der Waals surface area contributed by atoms with Gasteiger partial charge >= 0.3 is 0 Å². The third kappa shape index (κ3) is 6.96. The molecule has 0 aromatic heterocycles. The van der Waals surface area contributed by atoms with Gasteiger partial charge < -0.3 is 10.6 Å². The highest BCUT2D eigenvalue weighted by atomic mass is 16.5. The lowest BCUT2D eigenvalue weighted by Crippen LogP contribution is -2.56. The molecule has 0 heterocycles. The lowest BCUT2D eigenvalue weighted by atomic mass is 9.85. The van der Waals surface area contributed by atoms with E-state index in [9.17, 15) is 19.6 Å². The van der Waals surface area contributed by atoms with Gasteiger partial charge in [0.1, 0.15) is 6.04 Å². The number of rotatable bonds is 10. The van der Waals surface area contributed by atoms with Crippen molar-refractivity contribution in [3.63, 3.8) is 0 Å². The number of nitrogens with one attached hydrogen (secondary N) is 2. The Bertz CT molecular complexity index is 643. The maximum Gasteiger partial charge on any atom is 0.242 e. The fraction of sp³-hybridized carbons (Fsp3) is 0.571. The van der Waals surface area contributed by atoms with Crippen molar-refractivity contribution in [3.8, 4) is 0 Å². The molecular weight excluding hydrogens is 358 g/mol. The van der Waals surface area contributed by atoms with Crippen molar-refractivity contribution in [2.75, 3.05) is 7.05 Å². The number of amides is 3. The Morgan fingerprint density at radius 2 is 1.79 bits per heavy atom. The molecule has 7 nitrogen and oxygen atoms in total. The molecule has 0 aliphatic carbocycles. The summed E-state index contributed by atoms with van der Waals surface area (Å²) in [6.07, 6.45) is 2.25. The Hall–Kier alpha value is -2.41. The van der Waals surface area contributed by atoms with E-state index in [2.05, 4.69) is 10.6 Å². The zero-order valence-corrected chi connectivity index (χ0v) is 17.4. The smallest absolute Gasteiger partial charge is 0.242 e. The first-order valence-corrected chi connectivity index (χ1v) is 9.60. The van der Waals surface area contributed by atoms with Gasteiger partial charge in [-0.05, 0) is 37.2 Å². The minimum absolute atomic E-state index is 0.284. The van der Waals surface area contributed by atoms with Crippen molar-refractivity contribution in [2.45, 2.75) is 59.0 Å². The summed E-state index contributed by atoms with van der Waals surface area (Å²) >= 11 is 0. The summed E-state index contributed by atoms with van der Waals surface area (Å²) in [4.78, 5) is 36.2. The van der Waals surface area contributed by atoms with Crippen LogP contribution in [0.1, 0.15) is 46.1 Å². The molecule has 0 fully saturated rings. The van der Waals surface area contributed by atoms with E-state index in [1.54, 1.807) is 6.92 Å². The summed E-state index contributed by atoms with van der Waals surface area (Å²) in [5.74, 6) is -1.29. The molecule has 3 amide bonds. The Morgan fingerprint density at radius 1 is 1.18 bits per heavy atom. The molecule has 28 heavy (non-hydrogen) atoms. The minimum atomic E-state index is -0.725. The van der Waals surface area contributed by atoms with Crippen LogP contribution in [0.4, 0.5) is 0 Å². The van der Waals surface area contributed by atoms with Crippen LogP contribution in [0.5, 0.6) is 0 Å². The molecule has 0 saturated heterocycles. The van der Waals surface area contributed by atoms with Gasteiger partial charge in [0.2, 0.25) is 18.2 Å². The van der Waals surface area contributed by atoms with Gasteiger partial charge in [-0.2, -0.15) is 0 Å². The topological polar surface area (TPSA) is 98.7 Å². The van der Waals surface area contributed by atoms with Gasteiger partial charge in [-0.3, -0.25) is 19.6 Å². The van der Waals surface area contributed by atoms with E-state index < -0.39 is 23.4 Å². The zero-order valence-electron chi connectivity index (χ0n) is 17.4. The summed E-state index contributed by atoms with van der Waals surface area (Å²) in [5.41, 5.74) is 0.667. The van der Waals surface area contributed by atoms with Crippen molar-refractivity contribution >= 4 is 18.2 Å². The third-order valence-corrected chi connectivity index (χ3v) is 4.93. The molecule has 156 valence electrons. The zero-order chi connectivity index (χ0) is 21.3. The van der Waals surface area contributed by atoms with Gasteiger partial charge in [0.25, 0.3) is 0 Å². The van der Waals surface area contributed by atoms with E-state index in [-0.39, 0.29) is 11.8 Å². The van der Waals surface area contributed by atoms with E-state index in [0.717, 1.165) is 12.0 Å². The van der Waals surface area contributed by atoms with Crippen LogP contribution in [0, 0.1) is 11.3 Å². The van der Waals surface area contributed by atoms with Crippen molar-refractivity contribution in [2.24, 2.45) is 11.3 Å². The number of aryl methyl sites for hydroxylation is 1. The Labute approximate surface area is 167 Å². The molecule has 7 heteroatoms. The fourth-order valence-electron chi connectivity index (χ4n) is 3.11. The normalized spacial score (nSPS) is 14.5. The molecule has 0 bridgehead atoms. The molecule has 3 atom stereocenters. The highest BCUT2D eigenvalue weighted by Crippen LogP contribution is 2.22. The second-order valence-electron chi connectivity index (χ2n) is 8.13. The van der Waals surface area contributed by atoms with Crippen molar-refractivity contribution in [1.29, 1.82) is 0 Å². The number of nitrogens with zero attached hydrogens (tertiary/aromatic N) is 1. The van der Waals surface area contributed by atoms with Crippen LogP contribution in [-0.2, 0) is 20.8 Å². The molecule has 0 spiro atoms. The number of hydroxylamine groups is 2. The number of carbonyl (C=O) groups is 3. The average Bonchev–Trinajstić information content (AvgIpc) is 2.67. The fourth-order valence-corrected chi connectivity index (χ4v) is 3.11. The van der Waals surface area contributed by atoms with E-state index in [1.165, 1.54) is 7.05 Å². The summed E-state index contributed by atoms with van der Waals surface area (Å²) < 4.78 is 0. The molecule has 0 unspecified atom stereocenters. The summed E-state index contributed by atoms with van der Waals surface area (Å²) in [6.45, 7) is 7.22. The molecule has 3 N–H and O–H groups in total. The SMILES string of the molecule is CNC(=O)[C@@H](NC(=O)[C@H](CCCc1ccccc1)[C@@H](C)N(O)C=O)C(C)(C)C. The van der Waals surface area contributed by atoms with E-state index in [4.69, 9.17) is 0 Å². The summed E-state index contributed by atoms with van der Waals surface area (Å²) in [7, 11) is 1.52. The van der Waals surface area contributed by atoms with Gasteiger partial charge in [0.15, 0.2) is 0 Å². The lowest BCUT2D eigenvalue weighted by molar-refractivity contribution is -0.166. The van der Waals surface area contributed by atoms with Crippen LogP contribution < -0.4 is 10.6 Å². The van der Waals surface area contributed by atoms with Gasteiger partial charge in [-0.15, -0.1) is 0 Å². The molecule has 0 aliphatic heterocycles. The molecule has 1 aromatic carbocycles. The molecule has 1 aromatic rings. The summed E-state index contributed by atoms with van der Waals surface area (Å²) in [6, 6.07) is 8.46. The van der Waals surface area contributed by atoms with E-state index >= 15 is 0 Å². The van der Waals surface area contributed by atoms with Crippen LogP contribution in [0.25, 0.3) is 0 Å². The molecule has 0 saturated carbocycles. The Kier molecular flexibility index (Phi) is 9.12. The number of likely N-dealkylation sites (N-methyl/N-ethyl adjacent to an activating group) is 1. The van der Waals surface area contributed by atoms with Gasteiger partial charge in [0.05, 0.1) is 12.0 Å². The van der Waals surface area contributed by atoms with E-state index in [1.807, 2.05) is 51.1 Å². The largest absolute Gasteiger partial charge is 0.357 e. The maximum absolute atomic E-state index is 13.0. The molecule has 0 aliphatic rings. The molecule has 1 rings (SSSR count). The Morgan fingerprint density at radius 3 is 2.29 bits per heavy atom. The highest BCUT2D eigenvalue weighted by molar-refractivity contribution is 5.89. The van der Waals surface area contributed by atoms with Crippen LogP contribution >= 0.6 is 0 Å². The highest BCUT2D eigenvalue weighted by Gasteiger charge is 2.36. The third-order valence-electron chi connectivity index (χ3n) is 4.93. The van der Waals surface area contributed by atoms with Gasteiger partial charge in [0, 0.05) is 7.05 Å². The predicted octanol–water partition coefficient (Wildman–Crippen LogP) is 2.14. The van der Waals surface area contributed by atoms with Crippen LogP contribution in [0.15, 0.2) is 30.3 Å². The van der Waals surface area contributed by atoms with Gasteiger partial charge in [-0.25, -0.2) is 5.06 Å². The standard InChI is InChI=1S/C21H33N3O4/c1-15(24(28)14-25)17(13-9-12-16-10-7-6-8-11-16)19(26)23-18(20(27)22-5)21(2,3)4/h6-8,10-11,14-15,17-18,28H,9,12-13H2,1-5H3,(H,22,27)(H,23,26)/t15-,17-,18-/m1/s1.